The van der Waals surface area contributed by atoms with Crippen molar-refractivity contribution in [3.8, 4) is 0 Å². The number of hydrogen-bond donors (Lipinski definition) is 2. The van der Waals surface area contributed by atoms with Gasteiger partial charge >= 0.3 is 0 Å². The molecule has 0 saturated heterocycles. The molecule has 94 valence electrons. The van der Waals surface area contributed by atoms with Crippen molar-refractivity contribution in [2.45, 2.75) is 13.8 Å². The average molecular weight is 261 g/mol. The first-order valence-corrected chi connectivity index (χ1v) is 5.92. The molecule has 0 aliphatic carbocycles. The van der Waals surface area contributed by atoms with Gasteiger partial charge in [0.25, 0.3) is 0 Å². The topological polar surface area (TPSA) is 68.8 Å². The van der Waals surface area contributed by atoms with Gasteiger partial charge in [-0.2, -0.15) is 5.10 Å². The van der Waals surface area contributed by atoms with Crippen molar-refractivity contribution in [3.05, 3.63) is 35.3 Å². The Morgan fingerprint density at radius 2 is 2.17 bits per heavy atom. The number of aryl methyl sites for hydroxylation is 3. The van der Waals surface area contributed by atoms with E-state index in [9.17, 15) is 0 Å². The number of rotatable bonds is 3. The van der Waals surface area contributed by atoms with E-state index < -0.39 is 0 Å². The third kappa shape index (κ3) is 2.19. The standard InChI is InChI=1S/C12H15N5S/c1-7-4-5-14-6-9(7)15-12-10(11(13)18)8(2)16-17(12)3/h4-6,15H,1-3H3,(H2,13,18). The van der Waals surface area contributed by atoms with E-state index in [1.165, 1.54) is 0 Å². The fourth-order valence-electron chi connectivity index (χ4n) is 1.82. The van der Waals surface area contributed by atoms with Gasteiger partial charge in [0.2, 0.25) is 0 Å². The molecule has 0 spiro atoms. The van der Waals surface area contributed by atoms with Crippen molar-refractivity contribution >= 4 is 28.7 Å². The summed E-state index contributed by atoms with van der Waals surface area (Å²) in [6.07, 6.45) is 3.52. The summed E-state index contributed by atoms with van der Waals surface area (Å²) in [6, 6.07) is 1.94. The van der Waals surface area contributed by atoms with Crippen LogP contribution in [0.2, 0.25) is 0 Å². The Morgan fingerprint density at radius 3 is 2.78 bits per heavy atom. The Bertz CT molecular complexity index is 603. The van der Waals surface area contributed by atoms with Crippen LogP contribution in [0.25, 0.3) is 0 Å². The van der Waals surface area contributed by atoms with Crippen LogP contribution in [0.1, 0.15) is 16.8 Å². The number of hydrogen-bond acceptors (Lipinski definition) is 4. The van der Waals surface area contributed by atoms with Crippen LogP contribution < -0.4 is 11.1 Å². The smallest absolute Gasteiger partial charge is 0.139 e. The maximum atomic E-state index is 5.74. The van der Waals surface area contributed by atoms with Crippen molar-refractivity contribution < 1.29 is 0 Å². The maximum absolute atomic E-state index is 5.74. The van der Waals surface area contributed by atoms with Gasteiger partial charge in [0.15, 0.2) is 0 Å². The molecule has 0 aromatic carbocycles. The fourth-order valence-corrected chi connectivity index (χ4v) is 2.06. The van der Waals surface area contributed by atoms with E-state index in [0.29, 0.717) is 4.99 Å². The molecule has 2 aromatic heterocycles. The summed E-state index contributed by atoms with van der Waals surface area (Å²) in [5.74, 6) is 0.788. The van der Waals surface area contributed by atoms with Gasteiger partial charge in [-0.1, -0.05) is 12.2 Å². The molecule has 0 saturated carbocycles. The number of thiocarbonyl (C=S) groups is 1. The van der Waals surface area contributed by atoms with E-state index >= 15 is 0 Å². The first-order chi connectivity index (χ1) is 8.50. The Labute approximate surface area is 111 Å². The molecule has 0 radical (unpaired) electrons. The molecule has 18 heavy (non-hydrogen) atoms. The number of nitrogens with two attached hydrogens (primary N) is 1. The largest absolute Gasteiger partial charge is 0.389 e. The number of anilines is 2. The Morgan fingerprint density at radius 1 is 1.44 bits per heavy atom. The molecular formula is C12H15N5S. The van der Waals surface area contributed by atoms with E-state index in [-0.39, 0.29) is 0 Å². The lowest BCUT2D eigenvalue weighted by molar-refractivity contribution is 0.764. The van der Waals surface area contributed by atoms with Crippen molar-refractivity contribution in [2.24, 2.45) is 12.8 Å². The van der Waals surface area contributed by atoms with Gasteiger partial charge in [-0.05, 0) is 25.5 Å². The minimum Gasteiger partial charge on any atom is -0.389 e. The lowest BCUT2D eigenvalue weighted by Crippen LogP contribution is -2.13. The molecule has 0 aliphatic heterocycles. The minimum atomic E-state index is 0.338. The highest BCUT2D eigenvalue weighted by atomic mass is 32.1. The molecule has 0 atom stereocenters. The van der Waals surface area contributed by atoms with Crippen LogP contribution in [0.15, 0.2) is 18.5 Å². The molecule has 0 unspecified atom stereocenters. The summed E-state index contributed by atoms with van der Waals surface area (Å²) in [5, 5.41) is 7.61. The van der Waals surface area contributed by atoms with Gasteiger partial charge in [-0.25, -0.2) is 0 Å². The van der Waals surface area contributed by atoms with Gasteiger partial charge < -0.3 is 11.1 Å². The highest BCUT2D eigenvalue weighted by molar-refractivity contribution is 7.80. The second-order valence-corrected chi connectivity index (χ2v) is 4.55. The van der Waals surface area contributed by atoms with E-state index in [0.717, 1.165) is 28.3 Å². The molecule has 6 heteroatoms. The van der Waals surface area contributed by atoms with Crippen LogP contribution in [0.4, 0.5) is 11.5 Å². The highest BCUT2D eigenvalue weighted by Gasteiger charge is 2.16. The normalized spacial score (nSPS) is 10.4. The molecule has 0 fully saturated rings. The van der Waals surface area contributed by atoms with Crippen LogP contribution in [0.5, 0.6) is 0 Å². The Hall–Kier alpha value is -1.95. The lowest BCUT2D eigenvalue weighted by Gasteiger charge is -2.10. The third-order valence-electron chi connectivity index (χ3n) is 2.76. The molecule has 5 nitrogen and oxygen atoms in total. The zero-order valence-electron chi connectivity index (χ0n) is 10.6. The first kappa shape index (κ1) is 12.5. The number of nitrogens with zero attached hydrogens (tertiary/aromatic N) is 3. The summed E-state index contributed by atoms with van der Waals surface area (Å²) in [4.78, 5) is 4.43. The van der Waals surface area contributed by atoms with Crippen LogP contribution in [0, 0.1) is 13.8 Å². The highest BCUT2D eigenvalue weighted by Crippen LogP contribution is 2.24. The summed E-state index contributed by atoms with van der Waals surface area (Å²) in [5.41, 5.74) is 9.34. The summed E-state index contributed by atoms with van der Waals surface area (Å²) >= 11 is 5.07. The quantitative estimate of drug-likeness (QED) is 0.825. The molecule has 0 bridgehead atoms. The van der Waals surface area contributed by atoms with Crippen molar-refractivity contribution in [3.63, 3.8) is 0 Å². The van der Waals surface area contributed by atoms with E-state index in [1.807, 2.05) is 27.0 Å². The van der Waals surface area contributed by atoms with Gasteiger partial charge in [-0.3, -0.25) is 9.67 Å². The van der Waals surface area contributed by atoms with Gasteiger partial charge in [-0.15, -0.1) is 0 Å². The second kappa shape index (κ2) is 4.73. The molecule has 0 amide bonds. The van der Waals surface area contributed by atoms with Crippen molar-refractivity contribution in [1.82, 2.24) is 14.8 Å². The predicted octanol–water partition coefficient (Wildman–Crippen LogP) is 1.81. The Kier molecular flexibility index (Phi) is 3.29. The number of nitrogens with one attached hydrogen (secondary N) is 1. The summed E-state index contributed by atoms with van der Waals surface area (Å²) in [6.45, 7) is 3.89. The lowest BCUT2D eigenvalue weighted by atomic mass is 10.2. The fraction of sp³-hybridized carbons (Fsp3) is 0.250. The van der Waals surface area contributed by atoms with Gasteiger partial charge in [0, 0.05) is 13.2 Å². The van der Waals surface area contributed by atoms with E-state index in [2.05, 4.69) is 15.4 Å². The average Bonchev–Trinajstić information content (AvgIpc) is 2.57. The monoisotopic (exact) mass is 261 g/mol. The summed E-state index contributed by atoms with van der Waals surface area (Å²) in [7, 11) is 1.85. The van der Waals surface area contributed by atoms with Crippen LogP contribution in [-0.2, 0) is 7.05 Å². The summed E-state index contributed by atoms with van der Waals surface area (Å²) < 4.78 is 1.73. The first-order valence-electron chi connectivity index (χ1n) is 5.51. The van der Waals surface area contributed by atoms with Gasteiger partial charge in [0.05, 0.1) is 23.1 Å². The van der Waals surface area contributed by atoms with E-state index in [4.69, 9.17) is 18.0 Å². The third-order valence-corrected chi connectivity index (χ3v) is 2.96. The second-order valence-electron chi connectivity index (χ2n) is 4.11. The van der Waals surface area contributed by atoms with Gasteiger partial charge in [0.1, 0.15) is 10.8 Å². The zero-order chi connectivity index (χ0) is 13.3. The van der Waals surface area contributed by atoms with Crippen molar-refractivity contribution in [2.75, 3.05) is 5.32 Å². The van der Waals surface area contributed by atoms with Crippen molar-refractivity contribution in [1.29, 1.82) is 0 Å². The number of pyridine rings is 1. The Balaban J connectivity index is 2.47. The maximum Gasteiger partial charge on any atom is 0.139 e. The van der Waals surface area contributed by atoms with Crippen LogP contribution >= 0.6 is 12.2 Å². The minimum absolute atomic E-state index is 0.338. The predicted molar refractivity (Wildman–Crippen MR) is 76.1 cm³/mol. The number of aromatic nitrogens is 3. The molecular weight excluding hydrogens is 246 g/mol. The molecule has 3 N–H and O–H groups in total. The zero-order valence-corrected chi connectivity index (χ0v) is 11.4. The van der Waals surface area contributed by atoms with Crippen LogP contribution in [0.3, 0.4) is 0 Å². The SMILES string of the molecule is Cc1ccncc1Nc1c(C(N)=S)c(C)nn1C. The molecule has 2 heterocycles. The molecule has 2 aromatic rings. The van der Waals surface area contributed by atoms with Crippen LogP contribution in [-0.4, -0.2) is 19.8 Å². The van der Waals surface area contributed by atoms with E-state index in [1.54, 1.807) is 17.1 Å². The molecule has 0 aliphatic rings. The molecule has 2 rings (SSSR count).